The molecule has 110 valence electrons. The maximum absolute atomic E-state index is 12.1. The fraction of sp³-hybridized carbons (Fsp3) is 0.467. The Hall–Kier alpha value is -2.04. The van der Waals surface area contributed by atoms with Gasteiger partial charge in [-0.25, -0.2) is 4.79 Å². The molecule has 0 aliphatic carbocycles. The van der Waals surface area contributed by atoms with Crippen molar-refractivity contribution in [3.05, 3.63) is 35.9 Å². The molecule has 1 amide bonds. The second kappa shape index (κ2) is 6.41. The predicted molar refractivity (Wildman–Crippen MR) is 75.4 cm³/mol. The summed E-state index contributed by atoms with van der Waals surface area (Å²) in [6.07, 6.45) is -0.628. The van der Waals surface area contributed by atoms with Crippen LogP contribution in [-0.2, 0) is 9.53 Å². The minimum Gasteiger partial charge on any atom is -0.480 e. The van der Waals surface area contributed by atoms with E-state index < -0.39 is 24.2 Å². The van der Waals surface area contributed by atoms with Crippen molar-refractivity contribution in [2.24, 2.45) is 0 Å². The summed E-state index contributed by atoms with van der Waals surface area (Å²) in [6.45, 7) is 6.62. The van der Waals surface area contributed by atoms with Crippen LogP contribution in [0.2, 0.25) is 0 Å². The van der Waals surface area contributed by atoms with Gasteiger partial charge in [-0.15, -0.1) is 0 Å². The fourth-order valence-electron chi connectivity index (χ4n) is 1.74. The zero-order valence-corrected chi connectivity index (χ0v) is 12.3. The molecule has 1 rings (SSSR count). The Kier molecular flexibility index (Phi) is 5.13. The third-order valence-corrected chi connectivity index (χ3v) is 2.68. The van der Waals surface area contributed by atoms with E-state index in [0.29, 0.717) is 0 Å². The molecule has 1 N–H and O–H groups in total. The van der Waals surface area contributed by atoms with Gasteiger partial charge in [-0.3, -0.25) is 9.69 Å². The quantitative estimate of drug-likeness (QED) is 0.919. The lowest BCUT2D eigenvalue weighted by Crippen LogP contribution is -2.41. The summed E-state index contributed by atoms with van der Waals surface area (Å²) in [6, 6.07) is 8.89. The molecule has 0 aliphatic rings. The maximum atomic E-state index is 12.1. The molecule has 1 atom stereocenters. The van der Waals surface area contributed by atoms with Gasteiger partial charge in [0.15, 0.2) is 0 Å². The Balaban J connectivity index is 2.94. The lowest BCUT2D eigenvalue weighted by molar-refractivity contribution is -0.138. The number of aliphatic carboxylic acids is 1. The number of hydrogen-bond acceptors (Lipinski definition) is 3. The first-order valence-electron chi connectivity index (χ1n) is 6.47. The summed E-state index contributed by atoms with van der Waals surface area (Å²) in [5, 5.41) is 8.98. The number of benzene rings is 1. The highest BCUT2D eigenvalue weighted by atomic mass is 16.6. The topological polar surface area (TPSA) is 66.8 Å². The molecule has 0 fully saturated rings. The van der Waals surface area contributed by atoms with E-state index in [-0.39, 0.29) is 6.04 Å². The van der Waals surface area contributed by atoms with E-state index in [4.69, 9.17) is 9.84 Å². The Morgan fingerprint density at radius 2 is 1.80 bits per heavy atom. The summed E-state index contributed by atoms with van der Waals surface area (Å²) < 4.78 is 5.27. The Labute approximate surface area is 119 Å². The van der Waals surface area contributed by atoms with Crippen LogP contribution in [0.3, 0.4) is 0 Å². The van der Waals surface area contributed by atoms with Crippen LogP contribution in [0.25, 0.3) is 0 Å². The molecule has 0 saturated carbocycles. The number of nitrogens with zero attached hydrogens (tertiary/aromatic N) is 1. The van der Waals surface area contributed by atoms with E-state index in [2.05, 4.69) is 0 Å². The van der Waals surface area contributed by atoms with Crippen LogP contribution < -0.4 is 0 Å². The fourth-order valence-corrected chi connectivity index (χ4v) is 1.74. The van der Waals surface area contributed by atoms with Gasteiger partial charge in [-0.05, 0) is 33.3 Å². The average Bonchev–Trinajstić information content (AvgIpc) is 2.34. The van der Waals surface area contributed by atoms with Crippen LogP contribution in [0.1, 0.15) is 39.3 Å². The minimum atomic E-state index is -1.07. The molecular formula is C15H21NO4. The zero-order chi connectivity index (χ0) is 15.3. The summed E-state index contributed by atoms with van der Waals surface area (Å²) in [4.78, 5) is 24.3. The largest absolute Gasteiger partial charge is 0.480 e. The normalized spacial score (nSPS) is 12.6. The third-order valence-electron chi connectivity index (χ3n) is 2.68. The monoisotopic (exact) mass is 279 g/mol. The number of hydrogen-bond donors (Lipinski definition) is 1. The molecule has 0 radical (unpaired) electrons. The molecule has 0 aliphatic heterocycles. The van der Waals surface area contributed by atoms with Crippen LogP contribution in [0.5, 0.6) is 0 Å². The van der Waals surface area contributed by atoms with Gasteiger partial charge in [-0.1, -0.05) is 30.3 Å². The Morgan fingerprint density at radius 1 is 1.25 bits per heavy atom. The van der Waals surface area contributed by atoms with Crippen LogP contribution in [0, 0.1) is 0 Å². The van der Waals surface area contributed by atoms with E-state index in [1.807, 2.05) is 30.3 Å². The van der Waals surface area contributed by atoms with Crippen molar-refractivity contribution in [3.8, 4) is 0 Å². The number of amides is 1. The minimum absolute atomic E-state index is 0.373. The first kappa shape index (κ1) is 16.0. The van der Waals surface area contributed by atoms with Crippen LogP contribution in [0.15, 0.2) is 30.3 Å². The lowest BCUT2D eigenvalue weighted by atomic mass is 10.1. The van der Waals surface area contributed by atoms with Gasteiger partial charge in [0.2, 0.25) is 0 Å². The summed E-state index contributed by atoms with van der Waals surface area (Å²) in [7, 11) is 0. The molecule has 0 spiro atoms. The number of carbonyl (C=O) groups excluding carboxylic acids is 1. The Morgan fingerprint density at radius 3 is 2.25 bits per heavy atom. The van der Waals surface area contributed by atoms with Crippen molar-refractivity contribution >= 4 is 12.1 Å². The molecule has 5 nitrogen and oxygen atoms in total. The van der Waals surface area contributed by atoms with Crippen molar-refractivity contribution in [2.45, 2.75) is 39.3 Å². The third kappa shape index (κ3) is 4.91. The standard InChI is InChI=1S/C15H21NO4/c1-11(12-8-6-5-7-9-12)16(10-13(17)18)14(19)20-15(2,3)4/h5-9,11H,10H2,1-4H3,(H,17,18). The number of carbonyl (C=O) groups is 2. The first-order chi connectivity index (χ1) is 9.20. The average molecular weight is 279 g/mol. The molecule has 1 aromatic carbocycles. The molecule has 1 unspecified atom stereocenters. The molecular weight excluding hydrogens is 258 g/mol. The van der Waals surface area contributed by atoms with Gasteiger partial charge in [0.05, 0.1) is 6.04 Å². The van der Waals surface area contributed by atoms with E-state index in [0.717, 1.165) is 5.56 Å². The zero-order valence-electron chi connectivity index (χ0n) is 12.3. The smallest absolute Gasteiger partial charge is 0.411 e. The first-order valence-corrected chi connectivity index (χ1v) is 6.47. The van der Waals surface area contributed by atoms with Crippen molar-refractivity contribution in [2.75, 3.05) is 6.54 Å². The highest BCUT2D eigenvalue weighted by Crippen LogP contribution is 2.22. The van der Waals surface area contributed by atoms with E-state index in [9.17, 15) is 9.59 Å². The van der Waals surface area contributed by atoms with E-state index >= 15 is 0 Å². The van der Waals surface area contributed by atoms with Crippen molar-refractivity contribution in [1.82, 2.24) is 4.90 Å². The van der Waals surface area contributed by atoms with Gasteiger partial charge >= 0.3 is 12.1 Å². The molecule has 20 heavy (non-hydrogen) atoms. The van der Waals surface area contributed by atoms with Gasteiger partial charge in [0.1, 0.15) is 12.1 Å². The highest BCUT2D eigenvalue weighted by molar-refractivity contribution is 5.77. The second-order valence-corrected chi connectivity index (χ2v) is 5.59. The van der Waals surface area contributed by atoms with E-state index in [1.165, 1.54) is 4.90 Å². The second-order valence-electron chi connectivity index (χ2n) is 5.59. The number of carboxylic acids is 1. The van der Waals surface area contributed by atoms with Crippen molar-refractivity contribution in [1.29, 1.82) is 0 Å². The molecule has 0 heterocycles. The van der Waals surface area contributed by atoms with Crippen molar-refractivity contribution in [3.63, 3.8) is 0 Å². The van der Waals surface area contributed by atoms with Gasteiger partial charge in [-0.2, -0.15) is 0 Å². The van der Waals surface area contributed by atoms with Crippen LogP contribution in [0.4, 0.5) is 4.79 Å². The summed E-state index contributed by atoms with van der Waals surface area (Å²) in [5.41, 5.74) is 0.198. The number of carboxylic acid groups (broad SMARTS) is 1. The molecule has 0 saturated heterocycles. The number of rotatable bonds is 4. The van der Waals surface area contributed by atoms with Gasteiger partial charge in [0, 0.05) is 0 Å². The van der Waals surface area contributed by atoms with Gasteiger partial charge < -0.3 is 9.84 Å². The van der Waals surface area contributed by atoms with Crippen LogP contribution in [-0.4, -0.2) is 34.2 Å². The molecule has 0 bridgehead atoms. The SMILES string of the molecule is CC(c1ccccc1)N(CC(=O)O)C(=O)OC(C)(C)C. The molecule has 1 aromatic rings. The molecule has 0 aromatic heterocycles. The van der Waals surface area contributed by atoms with Crippen molar-refractivity contribution < 1.29 is 19.4 Å². The summed E-state index contributed by atoms with van der Waals surface area (Å²) >= 11 is 0. The molecule has 5 heteroatoms. The summed E-state index contributed by atoms with van der Waals surface area (Å²) in [5.74, 6) is -1.07. The lowest BCUT2D eigenvalue weighted by Gasteiger charge is -2.30. The predicted octanol–water partition coefficient (Wildman–Crippen LogP) is 3.07. The van der Waals surface area contributed by atoms with Crippen LogP contribution >= 0.6 is 0 Å². The van der Waals surface area contributed by atoms with Gasteiger partial charge in [0.25, 0.3) is 0 Å². The van der Waals surface area contributed by atoms with E-state index in [1.54, 1.807) is 27.7 Å². The highest BCUT2D eigenvalue weighted by Gasteiger charge is 2.28. The number of ether oxygens (including phenoxy) is 1. The maximum Gasteiger partial charge on any atom is 0.411 e. The Bertz CT molecular complexity index is 465.